The van der Waals surface area contributed by atoms with Gasteiger partial charge in [-0.2, -0.15) is 8.42 Å². The van der Waals surface area contributed by atoms with Gasteiger partial charge in [-0.25, -0.2) is 0 Å². The van der Waals surface area contributed by atoms with Crippen LogP contribution in [0.1, 0.15) is 43.1 Å². The van der Waals surface area contributed by atoms with Gasteiger partial charge in [-0.05, 0) is 38.8 Å². The molecule has 5 nitrogen and oxygen atoms in total. The van der Waals surface area contributed by atoms with Crippen LogP contribution >= 0.6 is 0 Å². The van der Waals surface area contributed by atoms with E-state index in [0.717, 1.165) is 28.9 Å². The molecule has 0 bridgehead atoms. The first-order valence-electron chi connectivity index (χ1n) is 7.20. The van der Waals surface area contributed by atoms with Gasteiger partial charge < -0.3 is 0 Å². The Balaban J connectivity index is 2.38. The Morgan fingerprint density at radius 2 is 1.76 bits per heavy atom. The number of hydrogen-bond donors (Lipinski definition) is 0. The average molecular weight is 307 g/mol. The summed E-state index contributed by atoms with van der Waals surface area (Å²) >= 11 is 0. The number of hydrogen-bond acceptors (Lipinski definition) is 4. The van der Waals surface area contributed by atoms with E-state index in [4.69, 9.17) is 0 Å². The molecule has 0 saturated heterocycles. The van der Waals surface area contributed by atoms with Crippen molar-refractivity contribution in [2.24, 2.45) is 0 Å². The highest BCUT2D eigenvalue weighted by Crippen LogP contribution is 2.18. The normalized spacial score (nSPS) is 11.8. The summed E-state index contributed by atoms with van der Waals surface area (Å²) in [4.78, 5) is 0.245. The van der Waals surface area contributed by atoms with E-state index in [2.05, 4.69) is 17.2 Å². The monoisotopic (exact) mass is 307 g/mol. The first-order chi connectivity index (χ1) is 9.96. The first-order valence-corrected chi connectivity index (χ1v) is 8.64. The zero-order valence-corrected chi connectivity index (χ0v) is 13.5. The van der Waals surface area contributed by atoms with Gasteiger partial charge in [0.2, 0.25) is 0 Å². The maximum Gasteiger partial charge on any atom is 0.284 e. The van der Waals surface area contributed by atoms with Gasteiger partial charge in [0.15, 0.2) is 0 Å². The van der Waals surface area contributed by atoms with E-state index >= 15 is 0 Å². The second-order valence-corrected chi connectivity index (χ2v) is 7.01. The highest BCUT2D eigenvalue weighted by Gasteiger charge is 2.23. The molecule has 0 aliphatic rings. The van der Waals surface area contributed by atoms with Gasteiger partial charge in [-0.3, -0.25) is 0 Å². The topological polar surface area (TPSA) is 64.8 Å². The minimum atomic E-state index is -3.66. The molecule has 0 atom stereocenters. The third kappa shape index (κ3) is 3.32. The summed E-state index contributed by atoms with van der Waals surface area (Å²) in [7, 11) is -3.66. The Labute approximate surface area is 126 Å². The fourth-order valence-corrected chi connectivity index (χ4v) is 3.51. The fraction of sp³-hybridized carbons (Fsp3) is 0.467. The lowest BCUT2D eigenvalue weighted by molar-refractivity contribution is 0.571. The summed E-state index contributed by atoms with van der Waals surface area (Å²) < 4.78 is 26.4. The van der Waals surface area contributed by atoms with Crippen LogP contribution in [0.3, 0.4) is 0 Å². The van der Waals surface area contributed by atoms with Crippen LogP contribution in [0.15, 0.2) is 29.2 Å². The lowest BCUT2D eigenvalue weighted by Crippen LogP contribution is -2.18. The van der Waals surface area contributed by atoms with Crippen LogP contribution in [0, 0.1) is 13.8 Å². The number of unbranched alkanes of at least 4 members (excludes halogenated alkanes) is 2. The Morgan fingerprint density at radius 1 is 1.10 bits per heavy atom. The van der Waals surface area contributed by atoms with E-state index in [-0.39, 0.29) is 4.90 Å². The van der Waals surface area contributed by atoms with Gasteiger partial charge >= 0.3 is 0 Å². The van der Waals surface area contributed by atoms with Crippen molar-refractivity contribution in [3.63, 3.8) is 0 Å². The molecule has 0 aliphatic heterocycles. The highest BCUT2D eigenvalue weighted by atomic mass is 32.2. The van der Waals surface area contributed by atoms with E-state index in [1.807, 2.05) is 6.92 Å². The standard InChI is InChI=1S/C15H21N3O2S/c1-4-5-6-7-15-13(3)16-17-18(15)21(19,20)14-10-8-12(2)9-11-14/h8-11H,4-7H2,1-3H3. The van der Waals surface area contributed by atoms with Crippen molar-refractivity contribution < 1.29 is 8.42 Å². The van der Waals surface area contributed by atoms with Gasteiger partial charge in [0.25, 0.3) is 10.0 Å². The molecule has 2 aromatic rings. The molecule has 0 aliphatic carbocycles. The Kier molecular flexibility index (Phi) is 4.77. The van der Waals surface area contributed by atoms with Gasteiger partial charge in [0.1, 0.15) is 0 Å². The van der Waals surface area contributed by atoms with Crippen LogP contribution in [0.5, 0.6) is 0 Å². The van der Waals surface area contributed by atoms with Crippen molar-refractivity contribution >= 4 is 10.0 Å². The minimum absolute atomic E-state index is 0.245. The second-order valence-electron chi connectivity index (χ2n) is 5.24. The lowest BCUT2D eigenvalue weighted by atomic mass is 10.1. The van der Waals surface area contributed by atoms with Gasteiger partial charge in [-0.15, -0.1) is 9.19 Å². The fourth-order valence-electron chi connectivity index (χ4n) is 2.18. The predicted molar refractivity (Wildman–Crippen MR) is 81.8 cm³/mol. The highest BCUT2D eigenvalue weighted by molar-refractivity contribution is 7.89. The maximum absolute atomic E-state index is 12.7. The first kappa shape index (κ1) is 15.7. The molecule has 1 aromatic heterocycles. The predicted octanol–water partition coefficient (Wildman–Crippen LogP) is 2.86. The Morgan fingerprint density at radius 3 is 2.38 bits per heavy atom. The van der Waals surface area contributed by atoms with Crippen LogP contribution < -0.4 is 0 Å². The largest absolute Gasteiger partial charge is 0.284 e. The van der Waals surface area contributed by atoms with E-state index in [1.165, 1.54) is 0 Å². The third-order valence-electron chi connectivity index (χ3n) is 3.49. The van der Waals surface area contributed by atoms with Gasteiger partial charge in [0.05, 0.1) is 16.3 Å². The number of aryl methyl sites for hydroxylation is 2. The zero-order valence-electron chi connectivity index (χ0n) is 12.7. The number of aromatic nitrogens is 3. The molecule has 0 saturated carbocycles. The second kappa shape index (κ2) is 6.39. The van der Waals surface area contributed by atoms with Crippen molar-refractivity contribution in [3.8, 4) is 0 Å². The molecule has 1 heterocycles. The van der Waals surface area contributed by atoms with Crippen molar-refractivity contribution in [2.75, 3.05) is 0 Å². The summed E-state index contributed by atoms with van der Waals surface area (Å²) in [6, 6.07) is 6.79. The van der Waals surface area contributed by atoms with Gasteiger partial charge in [-0.1, -0.05) is 42.7 Å². The SMILES string of the molecule is CCCCCc1c(C)nnn1S(=O)(=O)c1ccc(C)cc1. The summed E-state index contributed by atoms with van der Waals surface area (Å²) in [6.45, 7) is 5.84. The van der Waals surface area contributed by atoms with E-state index in [1.54, 1.807) is 31.2 Å². The molecule has 0 unspecified atom stereocenters. The number of nitrogens with zero attached hydrogens (tertiary/aromatic N) is 3. The zero-order chi connectivity index (χ0) is 15.5. The van der Waals surface area contributed by atoms with E-state index in [0.29, 0.717) is 17.8 Å². The van der Waals surface area contributed by atoms with Crippen LogP contribution in [0.2, 0.25) is 0 Å². The summed E-state index contributed by atoms with van der Waals surface area (Å²) in [5, 5.41) is 7.78. The molecule has 0 fully saturated rings. The Hall–Kier alpha value is -1.69. The number of rotatable bonds is 6. The van der Waals surface area contributed by atoms with Crippen LogP contribution in [0.4, 0.5) is 0 Å². The van der Waals surface area contributed by atoms with Crippen molar-refractivity contribution in [1.82, 2.24) is 14.4 Å². The van der Waals surface area contributed by atoms with Crippen molar-refractivity contribution in [1.29, 1.82) is 0 Å². The number of benzene rings is 1. The minimum Gasteiger partial charge on any atom is -0.199 e. The Bertz CT molecular complexity index is 703. The molecule has 21 heavy (non-hydrogen) atoms. The molecular weight excluding hydrogens is 286 g/mol. The van der Waals surface area contributed by atoms with E-state index in [9.17, 15) is 8.42 Å². The molecule has 1 aromatic carbocycles. The quantitative estimate of drug-likeness (QED) is 0.770. The van der Waals surface area contributed by atoms with Gasteiger partial charge in [0, 0.05) is 0 Å². The van der Waals surface area contributed by atoms with Crippen LogP contribution in [-0.4, -0.2) is 22.8 Å². The van der Waals surface area contributed by atoms with Crippen molar-refractivity contribution in [3.05, 3.63) is 41.2 Å². The summed E-state index contributed by atoms with van der Waals surface area (Å²) in [6.07, 6.45) is 3.77. The molecule has 0 radical (unpaired) electrons. The maximum atomic E-state index is 12.7. The van der Waals surface area contributed by atoms with E-state index < -0.39 is 10.0 Å². The molecule has 0 amide bonds. The smallest absolute Gasteiger partial charge is 0.199 e. The molecule has 2 rings (SSSR count). The summed E-state index contributed by atoms with van der Waals surface area (Å²) in [5.74, 6) is 0. The average Bonchev–Trinajstić information content (AvgIpc) is 2.82. The van der Waals surface area contributed by atoms with Crippen LogP contribution in [-0.2, 0) is 16.4 Å². The molecular formula is C15H21N3O2S. The third-order valence-corrected chi connectivity index (χ3v) is 5.10. The van der Waals surface area contributed by atoms with Crippen LogP contribution in [0.25, 0.3) is 0 Å². The molecule has 6 heteroatoms. The molecule has 114 valence electrons. The lowest BCUT2D eigenvalue weighted by Gasteiger charge is -2.08. The molecule has 0 N–H and O–H groups in total. The molecule has 0 spiro atoms. The van der Waals surface area contributed by atoms with Crippen molar-refractivity contribution in [2.45, 2.75) is 51.3 Å². The summed E-state index contributed by atoms with van der Waals surface area (Å²) in [5.41, 5.74) is 2.39.